The third-order valence-electron chi connectivity index (χ3n) is 4.21. The molecule has 0 aliphatic carbocycles. The second kappa shape index (κ2) is 8.01. The van der Waals surface area contributed by atoms with Crippen LogP contribution in [0.3, 0.4) is 0 Å². The van der Waals surface area contributed by atoms with E-state index in [4.69, 9.17) is 4.74 Å². The normalized spacial score (nSPS) is 15.6. The van der Waals surface area contributed by atoms with Gasteiger partial charge in [0, 0.05) is 26.2 Å². The largest absolute Gasteiger partial charge is 0.484 e. The van der Waals surface area contributed by atoms with E-state index >= 15 is 0 Å². The van der Waals surface area contributed by atoms with Gasteiger partial charge in [-0.1, -0.05) is 24.3 Å². The smallest absolute Gasteiger partial charge is 0.260 e. The van der Waals surface area contributed by atoms with Crippen LogP contribution in [-0.4, -0.2) is 56.3 Å². The van der Waals surface area contributed by atoms with Crippen LogP contribution in [-0.2, 0) is 14.8 Å². The number of rotatable bonds is 5. The minimum atomic E-state index is -4.31. The highest BCUT2D eigenvalue weighted by molar-refractivity contribution is 7.89. The van der Waals surface area contributed by atoms with Crippen molar-refractivity contribution in [2.45, 2.75) is 4.90 Å². The Morgan fingerprint density at radius 2 is 1.52 bits per heavy atom. The first-order valence-electron chi connectivity index (χ1n) is 8.29. The van der Waals surface area contributed by atoms with Crippen LogP contribution < -0.4 is 4.74 Å². The van der Waals surface area contributed by atoms with Crippen molar-refractivity contribution < 1.29 is 26.7 Å². The highest BCUT2D eigenvalue weighted by atomic mass is 32.2. The fraction of sp³-hybridized carbons (Fsp3) is 0.278. The van der Waals surface area contributed by atoms with E-state index in [9.17, 15) is 22.0 Å². The summed E-state index contributed by atoms with van der Waals surface area (Å²) < 4.78 is 59.1. The lowest BCUT2D eigenvalue weighted by Crippen LogP contribution is -2.51. The van der Waals surface area contributed by atoms with Gasteiger partial charge in [-0.15, -0.1) is 0 Å². The molecule has 1 saturated heterocycles. The molecule has 0 atom stereocenters. The maximum absolute atomic E-state index is 13.8. The fourth-order valence-electron chi connectivity index (χ4n) is 2.79. The van der Waals surface area contributed by atoms with E-state index in [0.717, 1.165) is 22.5 Å². The van der Waals surface area contributed by atoms with Gasteiger partial charge < -0.3 is 9.64 Å². The van der Waals surface area contributed by atoms with Gasteiger partial charge in [0.2, 0.25) is 10.0 Å². The summed E-state index contributed by atoms with van der Waals surface area (Å²) in [6.07, 6.45) is 0. The Morgan fingerprint density at radius 3 is 2.11 bits per heavy atom. The number of carbonyl (C=O) groups excluding carboxylic acids is 1. The van der Waals surface area contributed by atoms with Crippen LogP contribution in [0, 0.1) is 11.6 Å². The summed E-state index contributed by atoms with van der Waals surface area (Å²) in [4.78, 5) is 12.7. The molecule has 2 aromatic rings. The van der Waals surface area contributed by atoms with Crippen molar-refractivity contribution in [2.75, 3.05) is 32.8 Å². The van der Waals surface area contributed by atoms with Crippen molar-refractivity contribution in [2.24, 2.45) is 0 Å². The number of halogens is 2. The average molecular weight is 396 g/mol. The lowest BCUT2D eigenvalue weighted by Gasteiger charge is -2.34. The first kappa shape index (κ1) is 19.2. The molecule has 27 heavy (non-hydrogen) atoms. The molecule has 0 aromatic heterocycles. The minimum absolute atomic E-state index is 0.0484. The van der Waals surface area contributed by atoms with Gasteiger partial charge in [0.15, 0.2) is 11.5 Å². The number of sulfonamides is 1. The van der Waals surface area contributed by atoms with Gasteiger partial charge in [-0.05, 0) is 24.3 Å². The SMILES string of the molecule is O=C(COc1ccccc1)N1CCN(S(=O)(=O)c2c(F)cccc2F)CC1. The number of para-hydroxylation sites is 1. The standard InChI is InChI=1S/C18H18F2N2O4S/c19-15-7-4-8-16(20)18(15)27(24,25)22-11-9-21(10-12-22)17(23)13-26-14-5-2-1-3-6-14/h1-8H,9-13H2. The van der Waals surface area contributed by atoms with E-state index in [-0.39, 0.29) is 38.7 Å². The van der Waals surface area contributed by atoms with E-state index in [0.29, 0.717) is 5.75 Å². The van der Waals surface area contributed by atoms with Crippen LogP contribution >= 0.6 is 0 Å². The van der Waals surface area contributed by atoms with Crippen molar-refractivity contribution in [1.29, 1.82) is 0 Å². The van der Waals surface area contributed by atoms with Gasteiger partial charge in [-0.3, -0.25) is 4.79 Å². The Hall–Kier alpha value is -2.52. The summed E-state index contributed by atoms with van der Waals surface area (Å²) in [6, 6.07) is 11.7. The number of ether oxygens (including phenoxy) is 1. The number of hydrogen-bond donors (Lipinski definition) is 0. The summed E-state index contributed by atoms with van der Waals surface area (Å²) in [5.41, 5.74) is 0. The van der Waals surface area contributed by atoms with E-state index in [1.165, 1.54) is 4.90 Å². The van der Waals surface area contributed by atoms with Gasteiger partial charge in [0.05, 0.1) is 0 Å². The molecule has 1 heterocycles. The van der Waals surface area contributed by atoms with E-state index in [1.54, 1.807) is 24.3 Å². The number of benzene rings is 2. The van der Waals surface area contributed by atoms with Crippen LogP contribution in [0.2, 0.25) is 0 Å². The monoisotopic (exact) mass is 396 g/mol. The van der Waals surface area contributed by atoms with Crippen molar-refractivity contribution in [3.05, 3.63) is 60.2 Å². The molecule has 3 rings (SSSR count). The maximum atomic E-state index is 13.8. The summed E-state index contributed by atoms with van der Waals surface area (Å²) >= 11 is 0. The summed E-state index contributed by atoms with van der Waals surface area (Å²) in [6.45, 7) is -0.0301. The molecule has 1 amide bonds. The Morgan fingerprint density at radius 1 is 0.926 bits per heavy atom. The number of nitrogens with zero attached hydrogens (tertiary/aromatic N) is 2. The molecule has 0 spiro atoms. The van der Waals surface area contributed by atoms with E-state index < -0.39 is 26.6 Å². The summed E-state index contributed by atoms with van der Waals surface area (Å²) in [5.74, 6) is -2.00. The lowest BCUT2D eigenvalue weighted by molar-refractivity contribution is -0.134. The highest BCUT2D eigenvalue weighted by Gasteiger charge is 2.34. The predicted molar refractivity (Wildman–Crippen MR) is 93.6 cm³/mol. The van der Waals surface area contributed by atoms with Crippen molar-refractivity contribution >= 4 is 15.9 Å². The molecular formula is C18H18F2N2O4S. The Balaban J connectivity index is 1.60. The van der Waals surface area contributed by atoms with Crippen LogP contribution in [0.5, 0.6) is 5.75 Å². The second-order valence-electron chi connectivity index (χ2n) is 5.94. The molecule has 1 aliphatic rings. The average Bonchev–Trinajstić information content (AvgIpc) is 2.67. The molecule has 0 radical (unpaired) electrons. The number of carbonyl (C=O) groups is 1. The van der Waals surface area contributed by atoms with Crippen LogP contribution in [0.4, 0.5) is 8.78 Å². The first-order chi connectivity index (χ1) is 12.9. The van der Waals surface area contributed by atoms with E-state index in [1.807, 2.05) is 6.07 Å². The molecule has 0 bridgehead atoms. The summed E-state index contributed by atoms with van der Waals surface area (Å²) in [5, 5.41) is 0. The Labute approximate surface area is 156 Å². The van der Waals surface area contributed by atoms with Gasteiger partial charge in [0.25, 0.3) is 5.91 Å². The Bertz CT molecular complexity index is 894. The van der Waals surface area contributed by atoms with Crippen molar-refractivity contribution in [1.82, 2.24) is 9.21 Å². The number of piperazine rings is 1. The van der Waals surface area contributed by atoms with Gasteiger partial charge in [0.1, 0.15) is 17.4 Å². The fourth-order valence-corrected chi connectivity index (χ4v) is 4.32. The van der Waals surface area contributed by atoms with Gasteiger partial charge >= 0.3 is 0 Å². The molecule has 0 N–H and O–H groups in total. The third-order valence-corrected chi connectivity index (χ3v) is 6.16. The predicted octanol–water partition coefficient (Wildman–Crippen LogP) is 1.88. The van der Waals surface area contributed by atoms with Crippen molar-refractivity contribution in [3.8, 4) is 5.75 Å². The van der Waals surface area contributed by atoms with E-state index in [2.05, 4.69) is 0 Å². The van der Waals surface area contributed by atoms with Crippen LogP contribution in [0.25, 0.3) is 0 Å². The molecule has 144 valence electrons. The molecule has 6 nitrogen and oxygen atoms in total. The molecule has 1 fully saturated rings. The van der Waals surface area contributed by atoms with Gasteiger partial charge in [-0.2, -0.15) is 4.31 Å². The zero-order valence-electron chi connectivity index (χ0n) is 14.3. The number of hydrogen-bond acceptors (Lipinski definition) is 4. The molecule has 1 aliphatic heterocycles. The third kappa shape index (κ3) is 4.25. The van der Waals surface area contributed by atoms with Crippen molar-refractivity contribution in [3.63, 3.8) is 0 Å². The molecule has 2 aromatic carbocycles. The highest BCUT2D eigenvalue weighted by Crippen LogP contribution is 2.23. The quantitative estimate of drug-likeness (QED) is 0.774. The molecule has 0 unspecified atom stereocenters. The lowest BCUT2D eigenvalue weighted by atomic mass is 10.3. The Kier molecular flexibility index (Phi) is 5.71. The number of amides is 1. The minimum Gasteiger partial charge on any atom is -0.484 e. The molecule has 9 heteroatoms. The van der Waals surface area contributed by atoms with Gasteiger partial charge in [-0.25, -0.2) is 17.2 Å². The van der Waals surface area contributed by atoms with Crippen LogP contribution in [0.15, 0.2) is 53.4 Å². The first-order valence-corrected chi connectivity index (χ1v) is 9.73. The molecular weight excluding hydrogens is 378 g/mol. The zero-order chi connectivity index (χ0) is 19.4. The zero-order valence-corrected chi connectivity index (χ0v) is 15.2. The topological polar surface area (TPSA) is 66.9 Å². The van der Waals surface area contributed by atoms with Crippen LogP contribution in [0.1, 0.15) is 0 Å². The molecule has 0 saturated carbocycles. The summed E-state index contributed by atoms with van der Waals surface area (Å²) in [7, 11) is -4.31. The second-order valence-corrected chi connectivity index (χ2v) is 7.81. The maximum Gasteiger partial charge on any atom is 0.260 e.